The monoisotopic (exact) mass is 1160 g/mol. The van der Waals surface area contributed by atoms with Crippen LogP contribution in [0.5, 0.6) is 0 Å². The van der Waals surface area contributed by atoms with Crippen LogP contribution in [0.2, 0.25) is 0 Å². The molecule has 0 N–H and O–H groups in total. The van der Waals surface area contributed by atoms with Crippen molar-refractivity contribution in [1.82, 2.24) is 0 Å². The third kappa shape index (κ3) is 69.5. The van der Waals surface area contributed by atoms with Crippen molar-refractivity contribution in [3.8, 4) is 0 Å². The Morgan fingerprint density at radius 1 is 0.253 bits per heavy atom. The smallest absolute Gasteiger partial charge is 0.306 e. The minimum Gasteiger partial charge on any atom is -0.462 e. The van der Waals surface area contributed by atoms with Crippen LogP contribution in [-0.2, 0) is 28.6 Å². The van der Waals surface area contributed by atoms with E-state index in [4.69, 9.17) is 14.2 Å². The van der Waals surface area contributed by atoms with Crippen LogP contribution in [-0.4, -0.2) is 37.2 Å². The summed E-state index contributed by atoms with van der Waals surface area (Å²) in [6, 6.07) is 0. The Morgan fingerprint density at radius 2 is 0.470 bits per heavy atom. The fraction of sp³-hybridized carbons (Fsp3) is 0.805. The average Bonchev–Trinajstić information content (AvgIpc) is 3.50. The first-order valence-electron chi connectivity index (χ1n) is 36.4. The molecule has 0 saturated carbocycles. The first-order valence-corrected chi connectivity index (χ1v) is 36.4. The number of unbranched alkanes of at least 4 members (excludes halogenated alkanes) is 44. The van der Waals surface area contributed by atoms with Gasteiger partial charge in [0.1, 0.15) is 13.2 Å². The van der Waals surface area contributed by atoms with E-state index in [0.717, 1.165) is 96.3 Å². The van der Waals surface area contributed by atoms with Crippen molar-refractivity contribution < 1.29 is 28.6 Å². The van der Waals surface area contributed by atoms with Gasteiger partial charge >= 0.3 is 17.9 Å². The molecule has 0 aliphatic carbocycles. The van der Waals surface area contributed by atoms with Crippen LogP contribution in [0.25, 0.3) is 0 Å². The van der Waals surface area contributed by atoms with Crippen LogP contribution in [0.4, 0.5) is 0 Å². The molecule has 0 saturated heterocycles. The molecule has 0 fully saturated rings. The first-order chi connectivity index (χ1) is 41.0. The maximum Gasteiger partial charge on any atom is 0.306 e. The SMILES string of the molecule is CC/C=C\C/C=C\C/C=C\CCCCCCCCCC(=O)OCC(COC(=O)CCCCCCCCCCCCCCCC/C=C\C/C=C\C/C=C\CCCCCCC)OC(=O)CCCCCCCCCCCCCCCCCCCCC. The highest BCUT2D eigenvalue weighted by molar-refractivity contribution is 5.71. The summed E-state index contributed by atoms with van der Waals surface area (Å²) in [5.41, 5.74) is 0. The maximum atomic E-state index is 13.0. The number of allylic oxidation sites excluding steroid dienone is 12. The third-order valence-corrected chi connectivity index (χ3v) is 16.2. The lowest BCUT2D eigenvalue weighted by Gasteiger charge is -2.18. The van der Waals surface area contributed by atoms with Crippen LogP contribution in [0.15, 0.2) is 72.9 Å². The van der Waals surface area contributed by atoms with E-state index in [0.29, 0.717) is 19.3 Å². The molecule has 0 aromatic carbocycles. The molecule has 83 heavy (non-hydrogen) atoms. The second-order valence-electron chi connectivity index (χ2n) is 24.5. The Morgan fingerprint density at radius 3 is 0.735 bits per heavy atom. The predicted molar refractivity (Wildman–Crippen MR) is 362 cm³/mol. The zero-order chi connectivity index (χ0) is 59.9. The molecule has 0 radical (unpaired) electrons. The largest absolute Gasteiger partial charge is 0.462 e. The quantitative estimate of drug-likeness (QED) is 0.0261. The summed E-state index contributed by atoms with van der Waals surface area (Å²) in [6.45, 7) is 6.57. The minimum atomic E-state index is -0.780. The van der Waals surface area contributed by atoms with Gasteiger partial charge in [0.25, 0.3) is 0 Å². The van der Waals surface area contributed by atoms with E-state index >= 15 is 0 Å². The number of hydrogen-bond donors (Lipinski definition) is 0. The highest BCUT2D eigenvalue weighted by Crippen LogP contribution is 2.18. The van der Waals surface area contributed by atoms with Gasteiger partial charge in [0.2, 0.25) is 0 Å². The lowest BCUT2D eigenvalue weighted by Crippen LogP contribution is -2.30. The van der Waals surface area contributed by atoms with Gasteiger partial charge in [-0.2, -0.15) is 0 Å². The lowest BCUT2D eigenvalue weighted by atomic mass is 10.0. The molecule has 0 aliphatic rings. The third-order valence-electron chi connectivity index (χ3n) is 16.2. The van der Waals surface area contributed by atoms with Crippen molar-refractivity contribution in [1.29, 1.82) is 0 Å². The Kier molecular flexibility index (Phi) is 68.6. The van der Waals surface area contributed by atoms with E-state index in [1.807, 2.05) is 0 Å². The zero-order valence-corrected chi connectivity index (χ0v) is 55.5. The van der Waals surface area contributed by atoms with E-state index in [1.165, 1.54) is 244 Å². The fourth-order valence-corrected chi connectivity index (χ4v) is 10.8. The van der Waals surface area contributed by atoms with Gasteiger partial charge in [0, 0.05) is 19.3 Å². The summed E-state index contributed by atoms with van der Waals surface area (Å²) in [5, 5.41) is 0. The molecule has 0 bridgehead atoms. The van der Waals surface area contributed by atoms with Crippen LogP contribution >= 0.6 is 0 Å². The number of carbonyl (C=O) groups excluding carboxylic acids is 3. The summed E-state index contributed by atoms with van der Waals surface area (Å²) in [4.78, 5) is 38.5. The van der Waals surface area contributed by atoms with Gasteiger partial charge in [-0.3, -0.25) is 14.4 Å². The Bertz CT molecular complexity index is 1520. The van der Waals surface area contributed by atoms with Crippen molar-refractivity contribution in [3.63, 3.8) is 0 Å². The topological polar surface area (TPSA) is 78.9 Å². The van der Waals surface area contributed by atoms with Gasteiger partial charge in [-0.1, -0.05) is 344 Å². The normalized spacial score (nSPS) is 12.5. The molecule has 0 spiro atoms. The Balaban J connectivity index is 4.27. The number of ether oxygens (including phenoxy) is 3. The standard InChI is InChI=1S/C77H138O6/c1-4-7-10-13-16-19-22-25-28-31-33-34-35-36-37-38-39-40-41-42-44-46-49-52-55-58-61-64-67-70-76(79)82-73-74(72-81-75(78)69-66-63-60-57-54-51-48-45-30-27-24-21-18-15-12-9-6-3)83-77(80)71-68-65-62-59-56-53-50-47-43-32-29-26-23-20-17-14-11-8-5-2/h9,12,18,21-22,25,27,30-31,33,35-36,74H,4-8,10-11,13-17,19-20,23-24,26,28-29,32,34,37-73H2,1-3H3/b12-9-,21-18-,25-22-,30-27-,33-31-,36-35-. The number of hydrogen-bond acceptors (Lipinski definition) is 6. The fourth-order valence-electron chi connectivity index (χ4n) is 10.8. The highest BCUT2D eigenvalue weighted by Gasteiger charge is 2.19. The summed E-state index contributed by atoms with van der Waals surface area (Å²) in [7, 11) is 0. The Hall–Kier alpha value is -3.15. The first kappa shape index (κ1) is 79.8. The van der Waals surface area contributed by atoms with Crippen LogP contribution < -0.4 is 0 Å². The van der Waals surface area contributed by atoms with Gasteiger partial charge in [0.15, 0.2) is 6.10 Å². The summed E-state index contributed by atoms with van der Waals surface area (Å²) >= 11 is 0. The molecule has 0 rings (SSSR count). The van der Waals surface area contributed by atoms with Crippen LogP contribution in [0.1, 0.15) is 380 Å². The molecule has 0 aliphatic heterocycles. The number of esters is 3. The van der Waals surface area contributed by atoms with Crippen molar-refractivity contribution in [2.24, 2.45) is 0 Å². The van der Waals surface area contributed by atoms with E-state index in [-0.39, 0.29) is 31.1 Å². The summed E-state index contributed by atoms with van der Waals surface area (Å²) in [6.07, 6.45) is 93.6. The van der Waals surface area contributed by atoms with Gasteiger partial charge in [-0.25, -0.2) is 0 Å². The van der Waals surface area contributed by atoms with Gasteiger partial charge < -0.3 is 14.2 Å². The van der Waals surface area contributed by atoms with Crippen LogP contribution in [0.3, 0.4) is 0 Å². The van der Waals surface area contributed by atoms with Crippen molar-refractivity contribution in [2.45, 2.75) is 386 Å². The number of carbonyl (C=O) groups is 3. The van der Waals surface area contributed by atoms with Gasteiger partial charge in [0.05, 0.1) is 0 Å². The predicted octanol–water partition coefficient (Wildman–Crippen LogP) is 25.2. The van der Waals surface area contributed by atoms with Gasteiger partial charge in [-0.15, -0.1) is 0 Å². The summed E-state index contributed by atoms with van der Waals surface area (Å²) in [5.74, 6) is -0.861. The molecule has 1 unspecified atom stereocenters. The minimum absolute atomic E-state index is 0.0747. The molecule has 6 nitrogen and oxygen atoms in total. The summed E-state index contributed by atoms with van der Waals surface area (Å²) < 4.78 is 17.0. The molecule has 0 aromatic rings. The molecule has 0 amide bonds. The number of rotatable bonds is 67. The molecular weight excluding hydrogens is 1020 g/mol. The van der Waals surface area contributed by atoms with E-state index in [1.54, 1.807) is 0 Å². The molecule has 6 heteroatoms. The lowest BCUT2D eigenvalue weighted by molar-refractivity contribution is -0.167. The second-order valence-corrected chi connectivity index (χ2v) is 24.5. The average molecular weight is 1160 g/mol. The maximum absolute atomic E-state index is 13.0. The van der Waals surface area contributed by atoms with Gasteiger partial charge in [-0.05, 0) is 89.9 Å². The molecule has 0 heterocycles. The van der Waals surface area contributed by atoms with E-state index in [2.05, 4.69) is 93.7 Å². The molecular formula is C77H138O6. The van der Waals surface area contributed by atoms with E-state index < -0.39 is 6.10 Å². The zero-order valence-electron chi connectivity index (χ0n) is 55.5. The molecule has 482 valence electrons. The molecule has 0 aromatic heterocycles. The molecule has 1 atom stereocenters. The second kappa shape index (κ2) is 71.3. The van der Waals surface area contributed by atoms with Crippen LogP contribution in [0, 0.1) is 0 Å². The highest BCUT2D eigenvalue weighted by atomic mass is 16.6. The Labute approximate surface area is 516 Å². The van der Waals surface area contributed by atoms with Crippen molar-refractivity contribution in [2.75, 3.05) is 13.2 Å². The van der Waals surface area contributed by atoms with Crippen molar-refractivity contribution in [3.05, 3.63) is 72.9 Å². The van der Waals surface area contributed by atoms with E-state index in [9.17, 15) is 14.4 Å². The van der Waals surface area contributed by atoms with Crippen molar-refractivity contribution >= 4 is 17.9 Å².